The molecular weight excluding hydrogens is 359 g/mol. The second-order valence-corrected chi connectivity index (χ2v) is 7.43. The van der Waals surface area contributed by atoms with Crippen molar-refractivity contribution in [3.05, 3.63) is 65.2 Å². The number of amides is 2. The molecule has 3 aromatic rings. The van der Waals surface area contributed by atoms with Crippen molar-refractivity contribution in [3.63, 3.8) is 0 Å². The minimum absolute atomic E-state index is 0.125. The maximum Gasteiger partial charge on any atom is 0.291 e. The summed E-state index contributed by atoms with van der Waals surface area (Å²) in [5.74, 6) is -0.796. The molecule has 0 radical (unpaired) electrons. The lowest BCUT2D eigenvalue weighted by molar-refractivity contribution is -0.121. The van der Waals surface area contributed by atoms with Gasteiger partial charge in [-0.3, -0.25) is 9.59 Å². The second kappa shape index (κ2) is 7.46. The van der Waals surface area contributed by atoms with Crippen LogP contribution in [0.1, 0.15) is 41.9 Å². The zero-order valence-electron chi connectivity index (χ0n) is 16.4. The Hall–Kier alpha value is -3.15. The molecule has 1 aromatic heterocycles. The third-order valence-corrected chi connectivity index (χ3v) is 4.88. The zero-order chi connectivity index (χ0) is 20.5. The predicted molar refractivity (Wildman–Crippen MR) is 107 cm³/mol. The monoisotopic (exact) mass is 382 g/mol. The van der Waals surface area contributed by atoms with Gasteiger partial charge in [0.05, 0.1) is 0 Å². The maximum absolute atomic E-state index is 14.4. The summed E-state index contributed by atoms with van der Waals surface area (Å²) in [5, 5.41) is 6.20. The van der Waals surface area contributed by atoms with E-state index in [-0.39, 0.29) is 18.1 Å². The number of carbonyl (C=O) groups excluding carboxylic acids is 2. The molecule has 0 aliphatic rings. The van der Waals surface area contributed by atoms with Crippen LogP contribution < -0.4 is 10.6 Å². The summed E-state index contributed by atoms with van der Waals surface area (Å²) in [7, 11) is 1.54. The minimum Gasteiger partial charge on any atom is -0.451 e. The van der Waals surface area contributed by atoms with Gasteiger partial charge in [0.25, 0.3) is 5.91 Å². The van der Waals surface area contributed by atoms with Crippen LogP contribution in [0.15, 0.2) is 46.9 Å². The molecule has 0 atom stereocenters. The number of furan rings is 1. The van der Waals surface area contributed by atoms with Gasteiger partial charge in [-0.15, -0.1) is 0 Å². The average molecular weight is 382 g/mol. The van der Waals surface area contributed by atoms with Crippen LogP contribution in [-0.2, 0) is 10.2 Å². The largest absolute Gasteiger partial charge is 0.451 e. The van der Waals surface area contributed by atoms with Gasteiger partial charge < -0.3 is 15.1 Å². The number of benzene rings is 2. The lowest BCUT2D eigenvalue weighted by atomic mass is 9.80. The summed E-state index contributed by atoms with van der Waals surface area (Å²) in [6.45, 7) is 5.40. The van der Waals surface area contributed by atoms with Crippen LogP contribution in [0.25, 0.3) is 11.0 Å². The number of fused-ring (bicyclic) bond motifs is 1. The summed E-state index contributed by atoms with van der Waals surface area (Å²) in [6.07, 6.45) is 0.125. The summed E-state index contributed by atoms with van der Waals surface area (Å²) < 4.78 is 20.1. The lowest BCUT2D eigenvalue weighted by Gasteiger charge is -2.25. The molecule has 28 heavy (non-hydrogen) atoms. The van der Waals surface area contributed by atoms with E-state index in [1.54, 1.807) is 33.0 Å². The van der Waals surface area contributed by atoms with Gasteiger partial charge >= 0.3 is 0 Å². The van der Waals surface area contributed by atoms with Crippen molar-refractivity contribution in [1.29, 1.82) is 0 Å². The number of nitrogens with one attached hydrogen (secondary N) is 2. The van der Waals surface area contributed by atoms with Gasteiger partial charge in [-0.1, -0.05) is 32.0 Å². The van der Waals surface area contributed by atoms with Crippen molar-refractivity contribution in [1.82, 2.24) is 5.32 Å². The van der Waals surface area contributed by atoms with E-state index >= 15 is 0 Å². The van der Waals surface area contributed by atoms with Crippen molar-refractivity contribution in [3.8, 4) is 0 Å². The lowest BCUT2D eigenvalue weighted by Crippen LogP contribution is -2.29. The topological polar surface area (TPSA) is 71.3 Å². The highest BCUT2D eigenvalue weighted by atomic mass is 19.1. The number of hydrogen-bond acceptors (Lipinski definition) is 3. The highest BCUT2D eigenvalue weighted by molar-refractivity contribution is 6.06. The first-order chi connectivity index (χ1) is 13.2. The Bertz CT molecular complexity index is 1050. The summed E-state index contributed by atoms with van der Waals surface area (Å²) >= 11 is 0. The molecule has 0 fully saturated rings. The van der Waals surface area contributed by atoms with Gasteiger partial charge in [0.15, 0.2) is 5.76 Å². The Balaban J connectivity index is 1.89. The summed E-state index contributed by atoms with van der Waals surface area (Å²) in [5.41, 5.74) is 1.44. The van der Waals surface area contributed by atoms with Crippen LogP contribution in [0.2, 0.25) is 0 Å². The van der Waals surface area contributed by atoms with Gasteiger partial charge in [-0.05, 0) is 36.8 Å². The second-order valence-electron chi connectivity index (χ2n) is 7.43. The third kappa shape index (κ3) is 3.76. The Morgan fingerprint density at radius 3 is 2.54 bits per heavy atom. The Labute approximate surface area is 162 Å². The summed E-state index contributed by atoms with van der Waals surface area (Å²) in [4.78, 5) is 24.5. The first-order valence-electron chi connectivity index (χ1n) is 9.03. The Kier molecular flexibility index (Phi) is 5.23. The molecule has 0 aliphatic heterocycles. The molecule has 2 N–H and O–H groups in total. The smallest absolute Gasteiger partial charge is 0.291 e. The molecule has 5 nitrogen and oxygen atoms in total. The standard InChI is InChI=1S/C22H23FN2O3/c1-13-15-7-5-6-8-18(15)28-20(13)21(27)25-14-9-10-17(23)16(11-14)22(2,3)12-19(26)24-4/h5-11H,12H2,1-4H3,(H,24,26)(H,25,27). The van der Waals surface area contributed by atoms with Gasteiger partial charge in [0.1, 0.15) is 11.4 Å². The van der Waals surface area contributed by atoms with Gasteiger partial charge in [-0.25, -0.2) is 4.39 Å². The van der Waals surface area contributed by atoms with E-state index in [1.165, 1.54) is 12.1 Å². The molecule has 1 heterocycles. The van der Waals surface area contributed by atoms with Crippen molar-refractivity contribution in [2.75, 3.05) is 12.4 Å². The fraction of sp³-hybridized carbons (Fsp3) is 0.273. The fourth-order valence-electron chi connectivity index (χ4n) is 3.29. The molecule has 0 aliphatic carbocycles. The number of hydrogen-bond donors (Lipinski definition) is 2. The minimum atomic E-state index is -0.736. The van der Waals surface area contributed by atoms with E-state index < -0.39 is 17.1 Å². The van der Waals surface area contributed by atoms with Crippen LogP contribution in [-0.4, -0.2) is 18.9 Å². The molecule has 146 valence electrons. The van der Waals surface area contributed by atoms with Crippen LogP contribution in [0.4, 0.5) is 10.1 Å². The maximum atomic E-state index is 14.4. The number of halogens is 1. The Morgan fingerprint density at radius 2 is 1.86 bits per heavy atom. The molecule has 0 saturated heterocycles. The predicted octanol–water partition coefficient (Wildman–Crippen LogP) is 4.55. The van der Waals surface area contributed by atoms with Crippen molar-refractivity contribution in [2.45, 2.75) is 32.6 Å². The number of rotatable bonds is 5. The molecular formula is C22H23FN2O3. The molecule has 0 saturated carbocycles. The van der Waals surface area contributed by atoms with Crippen molar-refractivity contribution in [2.24, 2.45) is 0 Å². The van der Waals surface area contributed by atoms with E-state index in [1.807, 2.05) is 25.1 Å². The number of anilines is 1. The van der Waals surface area contributed by atoms with Crippen LogP contribution in [0.3, 0.4) is 0 Å². The van der Waals surface area contributed by atoms with Crippen molar-refractivity contribution >= 4 is 28.5 Å². The van der Waals surface area contributed by atoms with E-state index in [2.05, 4.69) is 10.6 Å². The van der Waals surface area contributed by atoms with Crippen molar-refractivity contribution < 1.29 is 18.4 Å². The van der Waals surface area contributed by atoms with Gasteiger partial charge in [0, 0.05) is 35.5 Å². The highest BCUT2D eigenvalue weighted by Gasteiger charge is 2.28. The molecule has 2 amide bonds. The number of aryl methyl sites for hydroxylation is 1. The first-order valence-corrected chi connectivity index (χ1v) is 9.03. The van der Waals surface area contributed by atoms with Gasteiger partial charge in [-0.2, -0.15) is 0 Å². The molecule has 3 rings (SSSR count). The SMILES string of the molecule is CNC(=O)CC(C)(C)c1cc(NC(=O)c2oc3ccccc3c2C)ccc1F. The molecule has 6 heteroatoms. The van der Waals surface area contributed by atoms with Crippen LogP contribution >= 0.6 is 0 Å². The van der Waals surface area contributed by atoms with E-state index in [4.69, 9.17) is 4.42 Å². The van der Waals surface area contributed by atoms with E-state index in [0.29, 0.717) is 16.8 Å². The molecule has 0 bridgehead atoms. The van der Waals surface area contributed by atoms with Crippen LogP contribution in [0.5, 0.6) is 0 Å². The number of carbonyl (C=O) groups is 2. The van der Waals surface area contributed by atoms with E-state index in [9.17, 15) is 14.0 Å². The zero-order valence-corrected chi connectivity index (χ0v) is 16.4. The quantitative estimate of drug-likeness (QED) is 0.680. The molecule has 0 spiro atoms. The first kappa shape index (κ1) is 19.6. The molecule has 0 unspecified atom stereocenters. The summed E-state index contributed by atoms with van der Waals surface area (Å²) in [6, 6.07) is 11.8. The Morgan fingerprint density at radius 1 is 1.14 bits per heavy atom. The van der Waals surface area contributed by atoms with Gasteiger partial charge in [0.2, 0.25) is 5.91 Å². The van der Waals surface area contributed by atoms with Crippen LogP contribution in [0, 0.1) is 12.7 Å². The normalized spacial score (nSPS) is 11.5. The molecule has 2 aromatic carbocycles. The average Bonchev–Trinajstić information content (AvgIpc) is 3.00. The van der Waals surface area contributed by atoms with E-state index in [0.717, 1.165) is 10.9 Å². The fourth-order valence-corrected chi connectivity index (χ4v) is 3.29. The number of para-hydroxylation sites is 1. The highest BCUT2D eigenvalue weighted by Crippen LogP contribution is 2.32. The third-order valence-electron chi connectivity index (χ3n) is 4.88.